The molecular weight excluding hydrogens is 338 g/mol. The molecule has 2 saturated heterocycles. The number of methoxy groups -OCH3 is 2. The number of hydrazone groups is 1. The Morgan fingerprint density at radius 3 is 2.58 bits per heavy atom. The molecule has 8 heteroatoms. The first kappa shape index (κ1) is 16.3. The lowest BCUT2D eigenvalue weighted by atomic mass is 9.86. The van der Waals surface area contributed by atoms with Crippen LogP contribution in [0.4, 0.5) is 0 Å². The van der Waals surface area contributed by atoms with Gasteiger partial charge in [0.05, 0.1) is 32.1 Å². The van der Waals surface area contributed by atoms with E-state index >= 15 is 0 Å². The quantitative estimate of drug-likeness (QED) is 0.620. The van der Waals surface area contributed by atoms with Gasteiger partial charge >= 0.3 is 0 Å². The number of benzene rings is 1. The molecule has 3 aliphatic heterocycles. The molecule has 1 aromatic carbocycles. The predicted molar refractivity (Wildman–Crippen MR) is 91.1 cm³/mol. The van der Waals surface area contributed by atoms with Gasteiger partial charge in [-0.15, -0.1) is 0 Å². The number of nitrogens with one attached hydrogen (secondary N) is 1. The Kier molecular flexibility index (Phi) is 3.75. The Labute approximate surface area is 149 Å². The van der Waals surface area contributed by atoms with Crippen molar-refractivity contribution in [2.45, 2.75) is 12.1 Å². The molecule has 134 valence electrons. The van der Waals surface area contributed by atoms with Crippen molar-refractivity contribution >= 4 is 23.8 Å². The van der Waals surface area contributed by atoms with Crippen molar-refractivity contribution in [1.29, 1.82) is 0 Å². The first-order valence-corrected chi connectivity index (χ1v) is 8.17. The highest BCUT2D eigenvalue weighted by atomic mass is 16.5. The lowest BCUT2D eigenvalue weighted by molar-refractivity contribution is -0.127. The van der Waals surface area contributed by atoms with Crippen LogP contribution in [0, 0.1) is 11.8 Å². The maximum absolute atomic E-state index is 13.2. The first-order valence-electron chi connectivity index (χ1n) is 8.17. The molecule has 1 aromatic rings. The zero-order valence-electron chi connectivity index (χ0n) is 14.2. The number of carbonyl (C=O) groups excluding carboxylic acids is 3. The van der Waals surface area contributed by atoms with Crippen molar-refractivity contribution in [2.24, 2.45) is 16.9 Å². The van der Waals surface area contributed by atoms with Crippen LogP contribution in [-0.4, -0.2) is 55.1 Å². The van der Waals surface area contributed by atoms with Gasteiger partial charge in [-0.25, -0.2) is 0 Å². The maximum atomic E-state index is 13.2. The maximum Gasteiger partial charge on any atom is 0.233 e. The van der Waals surface area contributed by atoms with Crippen molar-refractivity contribution in [1.82, 2.24) is 10.3 Å². The van der Waals surface area contributed by atoms with E-state index in [1.54, 1.807) is 41.6 Å². The largest absolute Gasteiger partial charge is 0.493 e. The van der Waals surface area contributed by atoms with Gasteiger partial charge in [-0.3, -0.25) is 24.7 Å². The van der Waals surface area contributed by atoms with Crippen molar-refractivity contribution < 1.29 is 23.9 Å². The lowest BCUT2D eigenvalue weighted by Crippen LogP contribution is -2.44. The van der Waals surface area contributed by atoms with E-state index in [4.69, 9.17) is 9.47 Å². The zero-order chi connectivity index (χ0) is 18.4. The predicted octanol–water partition coefficient (Wildman–Crippen LogP) is 0.384. The van der Waals surface area contributed by atoms with Crippen molar-refractivity contribution in [2.75, 3.05) is 14.2 Å². The molecule has 26 heavy (non-hydrogen) atoms. The van der Waals surface area contributed by atoms with Crippen LogP contribution in [-0.2, 0) is 9.59 Å². The summed E-state index contributed by atoms with van der Waals surface area (Å²) in [5, 5.41) is 8.16. The molecule has 3 heterocycles. The second-order valence-corrected chi connectivity index (χ2v) is 6.30. The molecule has 0 saturated carbocycles. The third kappa shape index (κ3) is 2.22. The number of Topliss-reactive ketones (excluding diaryl/α,β-unsaturated/α-hetero) is 1. The first-order chi connectivity index (χ1) is 12.6. The van der Waals surface area contributed by atoms with Crippen LogP contribution in [0.15, 0.2) is 35.5 Å². The Hall–Kier alpha value is -3.16. The number of imide groups is 1. The van der Waals surface area contributed by atoms with E-state index in [0.717, 1.165) is 0 Å². The molecule has 2 amide bonds. The summed E-state index contributed by atoms with van der Waals surface area (Å²) in [6.07, 6.45) is 5.07. The van der Waals surface area contributed by atoms with Crippen LogP contribution in [0.3, 0.4) is 0 Å². The van der Waals surface area contributed by atoms with Crippen LogP contribution < -0.4 is 14.8 Å². The smallest absolute Gasteiger partial charge is 0.233 e. The molecular formula is C18H17N3O5. The second-order valence-electron chi connectivity index (χ2n) is 6.30. The molecule has 3 aliphatic rings. The summed E-state index contributed by atoms with van der Waals surface area (Å²) >= 11 is 0. The molecule has 0 spiro atoms. The topological polar surface area (TPSA) is 97.3 Å². The minimum Gasteiger partial charge on any atom is -0.493 e. The van der Waals surface area contributed by atoms with Crippen molar-refractivity contribution in [3.8, 4) is 11.5 Å². The number of hydrogen-bond donors (Lipinski definition) is 1. The second kappa shape index (κ2) is 5.98. The Morgan fingerprint density at radius 1 is 1.12 bits per heavy atom. The number of ether oxygens (including phenoxy) is 2. The standard InChI is InChI=1S/C18H17N3O5/c1-25-11-6-5-9(8-12(11)26-2)16(22)15-14-13(17(23)20-18(14)24)10-4-3-7-19-21(10)15/h3-8,10,13-15H,1-2H3,(H,20,23,24)/t10-,13-,14-,15+/m1/s1. The normalized spacial score (nSPS) is 28.6. The van der Waals surface area contributed by atoms with Gasteiger partial charge in [-0.1, -0.05) is 6.08 Å². The summed E-state index contributed by atoms with van der Waals surface area (Å²) in [7, 11) is 2.99. The number of hydrogen-bond acceptors (Lipinski definition) is 7. The highest BCUT2D eigenvalue weighted by Gasteiger charge is 2.61. The zero-order valence-corrected chi connectivity index (χ0v) is 14.2. The van der Waals surface area contributed by atoms with Crippen molar-refractivity contribution in [3.05, 3.63) is 35.9 Å². The van der Waals surface area contributed by atoms with Crippen LogP contribution in [0.1, 0.15) is 10.4 Å². The average Bonchev–Trinajstić information content (AvgIpc) is 3.16. The van der Waals surface area contributed by atoms with Gasteiger partial charge in [0.15, 0.2) is 17.3 Å². The van der Waals surface area contributed by atoms with E-state index in [2.05, 4.69) is 10.4 Å². The minimum absolute atomic E-state index is 0.291. The molecule has 0 aliphatic carbocycles. The van der Waals surface area contributed by atoms with E-state index in [1.807, 2.05) is 0 Å². The Balaban J connectivity index is 1.75. The molecule has 4 atom stereocenters. The summed E-state index contributed by atoms with van der Waals surface area (Å²) in [6.45, 7) is 0. The van der Waals surface area contributed by atoms with Crippen molar-refractivity contribution in [3.63, 3.8) is 0 Å². The fraction of sp³-hybridized carbons (Fsp3) is 0.333. The monoisotopic (exact) mass is 355 g/mol. The highest BCUT2D eigenvalue weighted by Crippen LogP contribution is 2.42. The molecule has 2 fully saturated rings. The molecule has 4 rings (SSSR count). The van der Waals surface area contributed by atoms with Gasteiger partial charge in [0.2, 0.25) is 11.8 Å². The number of nitrogens with zero attached hydrogens (tertiary/aromatic N) is 2. The summed E-state index contributed by atoms with van der Waals surface area (Å²) in [6, 6.07) is 3.56. The Bertz CT molecular complexity index is 862. The molecule has 0 unspecified atom stereocenters. The molecule has 0 radical (unpaired) electrons. The number of carbonyl (C=O) groups is 3. The van der Waals surface area contributed by atoms with Gasteiger partial charge in [-0.2, -0.15) is 5.10 Å². The Morgan fingerprint density at radius 2 is 1.85 bits per heavy atom. The van der Waals surface area contributed by atoms with Gasteiger partial charge < -0.3 is 9.47 Å². The summed E-state index contributed by atoms with van der Waals surface area (Å²) < 4.78 is 10.5. The van der Waals surface area contributed by atoms with E-state index in [-0.39, 0.29) is 11.7 Å². The molecule has 1 N–H and O–H groups in total. The third-order valence-corrected chi connectivity index (χ3v) is 5.07. The van der Waals surface area contributed by atoms with E-state index in [9.17, 15) is 14.4 Å². The van der Waals surface area contributed by atoms with Gasteiger partial charge in [-0.05, 0) is 24.3 Å². The van der Waals surface area contributed by atoms with Crippen LogP contribution >= 0.6 is 0 Å². The number of ketones is 1. The minimum atomic E-state index is -0.851. The average molecular weight is 355 g/mol. The fourth-order valence-electron chi connectivity index (χ4n) is 3.92. The van der Waals surface area contributed by atoms with Gasteiger partial charge in [0.1, 0.15) is 6.04 Å². The van der Waals surface area contributed by atoms with Gasteiger partial charge in [0, 0.05) is 11.8 Å². The molecule has 0 aromatic heterocycles. The van der Waals surface area contributed by atoms with Crippen LogP contribution in [0.25, 0.3) is 0 Å². The molecule has 8 nitrogen and oxygen atoms in total. The summed E-state index contributed by atoms with van der Waals surface area (Å²) in [4.78, 5) is 37.8. The van der Waals surface area contributed by atoms with E-state index < -0.39 is 29.8 Å². The number of rotatable bonds is 4. The van der Waals surface area contributed by atoms with E-state index in [1.165, 1.54) is 14.2 Å². The third-order valence-electron chi connectivity index (χ3n) is 5.07. The van der Waals surface area contributed by atoms with Crippen LogP contribution in [0.5, 0.6) is 11.5 Å². The SMILES string of the molecule is COc1ccc(C(=O)[C@@H]2[C@@H]3C(=O)NC(=O)[C@@H]3[C@H]3C=CC=NN32)cc1OC. The fourth-order valence-corrected chi connectivity index (χ4v) is 3.92. The number of amides is 2. The lowest BCUT2D eigenvalue weighted by Gasteiger charge is -2.28. The van der Waals surface area contributed by atoms with Gasteiger partial charge in [0.25, 0.3) is 0 Å². The summed E-state index contributed by atoms with van der Waals surface area (Å²) in [5.41, 5.74) is 0.365. The summed E-state index contributed by atoms with van der Waals surface area (Å²) in [5.74, 6) is -1.56. The highest BCUT2D eigenvalue weighted by molar-refractivity contribution is 6.12. The van der Waals surface area contributed by atoms with Crippen LogP contribution in [0.2, 0.25) is 0 Å². The number of allylic oxidation sites excluding steroid dienone is 1. The molecule has 0 bridgehead atoms. The number of fused-ring (bicyclic) bond motifs is 3. The van der Waals surface area contributed by atoms with E-state index in [0.29, 0.717) is 17.1 Å².